The second-order valence-corrected chi connectivity index (χ2v) is 7.09. The van der Waals surface area contributed by atoms with Gasteiger partial charge in [0.15, 0.2) is 15.8 Å². The minimum absolute atomic E-state index is 0.00504. The van der Waals surface area contributed by atoms with Gasteiger partial charge < -0.3 is 10.6 Å². The van der Waals surface area contributed by atoms with Crippen LogP contribution in [0, 0.1) is 0 Å². The van der Waals surface area contributed by atoms with E-state index in [4.69, 9.17) is 0 Å². The summed E-state index contributed by atoms with van der Waals surface area (Å²) in [5, 5.41) is 6.11. The number of hydrogen-bond donors (Lipinski definition) is 2. The summed E-state index contributed by atoms with van der Waals surface area (Å²) in [4.78, 5) is 4.56. The van der Waals surface area contributed by atoms with Crippen molar-refractivity contribution < 1.29 is 8.42 Å². The minimum atomic E-state index is -3.29. The number of nitrogens with zero attached hydrogens (tertiary/aromatic N) is 1. The van der Waals surface area contributed by atoms with Crippen molar-refractivity contribution in [2.45, 2.75) is 18.7 Å². The summed E-state index contributed by atoms with van der Waals surface area (Å²) in [6.45, 7) is 5.64. The lowest BCUT2D eigenvalue weighted by Gasteiger charge is -2.09. The number of nitrogens with one attached hydrogen (secondary N) is 2. The van der Waals surface area contributed by atoms with Crippen molar-refractivity contribution in [3.63, 3.8) is 0 Å². The predicted octanol–water partition coefficient (Wildman–Crippen LogP) is 1.80. The highest BCUT2D eigenvalue weighted by molar-refractivity contribution is 9.10. The fourth-order valence-corrected chi connectivity index (χ4v) is 2.93. The summed E-state index contributed by atoms with van der Waals surface area (Å²) in [6.07, 6.45) is 0. The van der Waals surface area contributed by atoms with Gasteiger partial charge in [-0.15, -0.1) is 0 Å². The van der Waals surface area contributed by atoms with Crippen LogP contribution in [0.15, 0.2) is 38.6 Å². The molecule has 0 saturated carbocycles. The van der Waals surface area contributed by atoms with Crippen LogP contribution in [0.2, 0.25) is 0 Å². The summed E-state index contributed by atoms with van der Waals surface area (Å²) in [7, 11) is -3.29. The lowest BCUT2D eigenvalue weighted by atomic mass is 10.4. The van der Waals surface area contributed by atoms with Crippen LogP contribution in [0.25, 0.3) is 0 Å². The number of benzene rings is 1. The van der Waals surface area contributed by atoms with Gasteiger partial charge in [-0.05, 0) is 38.1 Å². The Morgan fingerprint density at radius 2 is 1.70 bits per heavy atom. The summed E-state index contributed by atoms with van der Waals surface area (Å²) < 4.78 is 25.1. The van der Waals surface area contributed by atoms with Crippen LogP contribution in [-0.2, 0) is 9.84 Å². The van der Waals surface area contributed by atoms with E-state index in [-0.39, 0.29) is 12.3 Å². The fourth-order valence-electron chi connectivity index (χ4n) is 1.55. The van der Waals surface area contributed by atoms with Gasteiger partial charge in [-0.25, -0.2) is 8.42 Å². The zero-order valence-corrected chi connectivity index (χ0v) is 14.1. The zero-order chi connectivity index (χ0) is 15.0. The highest BCUT2D eigenvalue weighted by Gasteiger charge is 2.13. The standard InChI is InChI=1S/C13H20BrN3O2S/c1-3-15-13(16-4-2)17-9-10-20(18,19)12-7-5-11(14)6-8-12/h5-8H,3-4,9-10H2,1-2H3,(H2,15,16,17). The smallest absolute Gasteiger partial charge is 0.191 e. The Bertz CT molecular complexity index is 533. The third kappa shape index (κ3) is 5.50. The highest BCUT2D eigenvalue weighted by Crippen LogP contribution is 2.15. The Labute approximate surface area is 128 Å². The van der Waals surface area contributed by atoms with Crippen molar-refractivity contribution in [3.05, 3.63) is 28.7 Å². The van der Waals surface area contributed by atoms with Gasteiger partial charge in [-0.1, -0.05) is 15.9 Å². The van der Waals surface area contributed by atoms with E-state index in [1.165, 1.54) is 0 Å². The number of halogens is 1. The van der Waals surface area contributed by atoms with Crippen molar-refractivity contribution in [2.75, 3.05) is 25.4 Å². The van der Waals surface area contributed by atoms with E-state index in [2.05, 4.69) is 31.6 Å². The molecule has 0 fully saturated rings. The Kier molecular flexibility index (Phi) is 7.01. The first kappa shape index (κ1) is 17.0. The minimum Gasteiger partial charge on any atom is -0.357 e. The maximum absolute atomic E-state index is 12.1. The van der Waals surface area contributed by atoms with E-state index in [0.717, 1.165) is 17.6 Å². The molecule has 0 aliphatic heterocycles. The maximum Gasteiger partial charge on any atom is 0.191 e. The molecule has 0 heterocycles. The second kappa shape index (κ2) is 8.26. The van der Waals surface area contributed by atoms with Crippen molar-refractivity contribution >= 4 is 31.7 Å². The predicted molar refractivity (Wildman–Crippen MR) is 85.9 cm³/mol. The van der Waals surface area contributed by atoms with E-state index in [0.29, 0.717) is 10.9 Å². The SMILES string of the molecule is CCNC(=NCCS(=O)(=O)c1ccc(Br)cc1)NCC. The molecule has 0 aliphatic rings. The third-order valence-electron chi connectivity index (χ3n) is 2.49. The van der Waals surface area contributed by atoms with Gasteiger partial charge in [-0.2, -0.15) is 0 Å². The first-order chi connectivity index (χ1) is 9.49. The topological polar surface area (TPSA) is 70.6 Å². The molecule has 0 amide bonds. The van der Waals surface area contributed by atoms with Crippen molar-refractivity contribution in [3.8, 4) is 0 Å². The highest BCUT2D eigenvalue weighted by atomic mass is 79.9. The molecule has 0 saturated heterocycles. The quantitative estimate of drug-likeness (QED) is 0.598. The fraction of sp³-hybridized carbons (Fsp3) is 0.462. The molecule has 2 N–H and O–H groups in total. The van der Waals surface area contributed by atoms with E-state index in [9.17, 15) is 8.42 Å². The Balaban J connectivity index is 2.67. The molecule has 5 nitrogen and oxygen atoms in total. The molecule has 1 aromatic rings. The molecular weight excluding hydrogens is 342 g/mol. The van der Waals surface area contributed by atoms with Gasteiger partial charge in [0.05, 0.1) is 17.2 Å². The summed E-state index contributed by atoms with van der Waals surface area (Å²) >= 11 is 3.29. The molecular formula is C13H20BrN3O2S. The van der Waals surface area contributed by atoms with Gasteiger partial charge in [0, 0.05) is 17.6 Å². The van der Waals surface area contributed by atoms with Gasteiger partial charge in [0.2, 0.25) is 0 Å². The van der Waals surface area contributed by atoms with Crippen LogP contribution in [0.3, 0.4) is 0 Å². The molecule has 0 aliphatic carbocycles. The maximum atomic E-state index is 12.1. The Hall–Kier alpha value is -1.08. The van der Waals surface area contributed by atoms with Gasteiger partial charge in [-0.3, -0.25) is 4.99 Å². The average Bonchev–Trinajstić information content (AvgIpc) is 2.39. The third-order valence-corrected chi connectivity index (χ3v) is 4.73. The average molecular weight is 362 g/mol. The van der Waals surface area contributed by atoms with E-state index in [1.54, 1.807) is 24.3 Å². The second-order valence-electron chi connectivity index (χ2n) is 4.06. The number of rotatable bonds is 6. The molecule has 7 heteroatoms. The van der Waals surface area contributed by atoms with Gasteiger partial charge >= 0.3 is 0 Å². The number of aliphatic imine (C=N–C) groups is 1. The molecule has 1 rings (SSSR count). The van der Waals surface area contributed by atoms with Gasteiger partial charge in [0.1, 0.15) is 0 Å². The molecule has 0 bridgehead atoms. The van der Waals surface area contributed by atoms with Crippen LogP contribution >= 0.6 is 15.9 Å². The molecule has 0 radical (unpaired) electrons. The molecule has 20 heavy (non-hydrogen) atoms. The zero-order valence-electron chi connectivity index (χ0n) is 11.7. The van der Waals surface area contributed by atoms with Crippen molar-refractivity contribution in [1.82, 2.24) is 10.6 Å². The molecule has 0 aromatic heterocycles. The summed E-state index contributed by atoms with van der Waals surface area (Å²) in [5.74, 6) is 0.635. The molecule has 112 valence electrons. The molecule has 0 spiro atoms. The molecule has 0 unspecified atom stereocenters. The summed E-state index contributed by atoms with van der Waals surface area (Å²) in [5.41, 5.74) is 0. The van der Waals surface area contributed by atoms with Crippen molar-refractivity contribution in [1.29, 1.82) is 0 Å². The van der Waals surface area contributed by atoms with Crippen LogP contribution in [-0.4, -0.2) is 39.8 Å². The molecule has 0 atom stereocenters. The Morgan fingerprint density at radius 3 is 2.20 bits per heavy atom. The largest absolute Gasteiger partial charge is 0.357 e. The first-order valence-corrected chi connectivity index (χ1v) is 8.94. The normalized spacial score (nSPS) is 10.9. The van der Waals surface area contributed by atoms with E-state index >= 15 is 0 Å². The van der Waals surface area contributed by atoms with Crippen LogP contribution in [0.5, 0.6) is 0 Å². The van der Waals surface area contributed by atoms with Crippen LogP contribution in [0.1, 0.15) is 13.8 Å². The first-order valence-electron chi connectivity index (χ1n) is 6.50. The lowest BCUT2D eigenvalue weighted by molar-refractivity contribution is 0.596. The van der Waals surface area contributed by atoms with Gasteiger partial charge in [0.25, 0.3) is 0 Å². The lowest BCUT2D eigenvalue weighted by Crippen LogP contribution is -2.37. The van der Waals surface area contributed by atoms with Crippen molar-refractivity contribution in [2.24, 2.45) is 4.99 Å². The number of guanidine groups is 1. The van der Waals surface area contributed by atoms with Crippen LogP contribution < -0.4 is 10.6 Å². The Morgan fingerprint density at radius 1 is 1.15 bits per heavy atom. The van der Waals surface area contributed by atoms with E-state index < -0.39 is 9.84 Å². The number of hydrogen-bond acceptors (Lipinski definition) is 3. The van der Waals surface area contributed by atoms with E-state index in [1.807, 2.05) is 13.8 Å². The number of sulfone groups is 1. The molecule has 1 aromatic carbocycles. The monoisotopic (exact) mass is 361 g/mol. The van der Waals surface area contributed by atoms with Crippen LogP contribution in [0.4, 0.5) is 0 Å². The summed E-state index contributed by atoms with van der Waals surface area (Å²) in [6, 6.07) is 6.63.